The van der Waals surface area contributed by atoms with E-state index in [4.69, 9.17) is 9.57 Å². The summed E-state index contributed by atoms with van der Waals surface area (Å²) in [5.74, 6) is 0.917. The summed E-state index contributed by atoms with van der Waals surface area (Å²) in [5, 5.41) is 5.86. The lowest BCUT2D eigenvalue weighted by Gasteiger charge is -2.05. The Morgan fingerprint density at radius 1 is 1.31 bits per heavy atom. The zero-order valence-electron chi connectivity index (χ0n) is 6.86. The van der Waals surface area contributed by atoms with Gasteiger partial charge in [-0.15, -0.1) is 0 Å². The lowest BCUT2D eigenvalue weighted by Crippen LogP contribution is -2.15. The summed E-state index contributed by atoms with van der Waals surface area (Å²) in [4.78, 5) is 4.83. The van der Waals surface area contributed by atoms with Gasteiger partial charge in [0.15, 0.2) is 0 Å². The Morgan fingerprint density at radius 3 is 3.31 bits per heavy atom. The summed E-state index contributed by atoms with van der Waals surface area (Å²) < 4.78 is 5.47. The van der Waals surface area contributed by atoms with Gasteiger partial charge in [-0.1, -0.05) is 5.16 Å². The van der Waals surface area contributed by atoms with Crippen molar-refractivity contribution >= 4 is 12.2 Å². The van der Waals surface area contributed by atoms with Gasteiger partial charge in [-0.2, -0.15) is 0 Å². The molecule has 2 heterocycles. The van der Waals surface area contributed by atoms with Gasteiger partial charge in [0.1, 0.15) is 24.0 Å². The number of hydrogen-bond donors (Lipinski definition) is 0. The highest BCUT2D eigenvalue weighted by molar-refractivity contribution is 5.60. The van der Waals surface area contributed by atoms with E-state index in [0.717, 1.165) is 21.9 Å². The van der Waals surface area contributed by atoms with Crippen molar-refractivity contribution in [3.05, 3.63) is 34.5 Å². The van der Waals surface area contributed by atoms with Gasteiger partial charge in [-0.05, 0) is 24.3 Å². The van der Waals surface area contributed by atoms with Crippen molar-refractivity contribution in [2.24, 2.45) is 5.16 Å². The molecule has 0 amide bonds. The van der Waals surface area contributed by atoms with Gasteiger partial charge < -0.3 is 9.57 Å². The molecule has 3 nitrogen and oxygen atoms in total. The van der Waals surface area contributed by atoms with Gasteiger partial charge in [0.2, 0.25) is 0 Å². The molecule has 1 aromatic carbocycles. The Kier molecular flexibility index (Phi) is 1.22. The number of hydrogen-bond acceptors (Lipinski definition) is 3. The molecule has 0 saturated carbocycles. The minimum atomic E-state index is 0.653. The molecule has 0 radical (unpaired) electrons. The highest BCUT2D eigenvalue weighted by Crippen LogP contribution is 2.15. The number of nitrogens with zero attached hydrogens (tertiary/aromatic N) is 1. The van der Waals surface area contributed by atoms with E-state index in [9.17, 15) is 0 Å². The molecule has 0 atom stereocenters. The van der Waals surface area contributed by atoms with Crippen molar-refractivity contribution < 1.29 is 9.57 Å². The SMILES string of the molecule is C1=Cc2c3c(ccc2=NO1)=CCO3. The van der Waals surface area contributed by atoms with Crippen LogP contribution in [0.15, 0.2) is 23.6 Å². The quantitative estimate of drug-likeness (QED) is 0.568. The van der Waals surface area contributed by atoms with Crippen LogP contribution in [0.25, 0.3) is 12.2 Å². The van der Waals surface area contributed by atoms with Crippen LogP contribution in [0, 0.1) is 0 Å². The maximum absolute atomic E-state index is 5.47. The standard InChI is InChI=1S/C10H7NO2/c1-2-9-8(4-6-13-11-9)10-7(1)3-5-12-10/h1-4,6H,5H2. The summed E-state index contributed by atoms with van der Waals surface area (Å²) in [6.07, 6.45) is 5.49. The van der Waals surface area contributed by atoms with Gasteiger partial charge in [-0.25, -0.2) is 0 Å². The summed E-state index contributed by atoms with van der Waals surface area (Å²) in [6, 6.07) is 3.93. The van der Waals surface area contributed by atoms with Crippen LogP contribution in [0.3, 0.4) is 0 Å². The van der Waals surface area contributed by atoms with E-state index in [1.807, 2.05) is 18.2 Å². The van der Waals surface area contributed by atoms with E-state index >= 15 is 0 Å². The fourth-order valence-electron chi connectivity index (χ4n) is 1.57. The lowest BCUT2D eigenvalue weighted by atomic mass is 10.1. The Hall–Kier alpha value is -1.77. The molecule has 13 heavy (non-hydrogen) atoms. The molecule has 0 aliphatic carbocycles. The summed E-state index contributed by atoms with van der Waals surface area (Å²) in [6.45, 7) is 0.653. The van der Waals surface area contributed by atoms with Gasteiger partial charge in [0.25, 0.3) is 0 Å². The molecule has 2 aliphatic heterocycles. The second-order valence-electron chi connectivity index (χ2n) is 2.93. The van der Waals surface area contributed by atoms with Crippen molar-refractivity contribution in [2.75, 3.05) is 6.61 Å². The van der Waals surface area contributed by atoms with E-state index in [2.05, 4.69) is 11.2 Å². The number of rotatable bonds is 0. The number of benzene rings is 1. The Morgan fingerprint density at radius 2 is 2.31 bits per heavy atom. The molecule has 0 unspecified atom stereocenters. The molecular weight excluding hydrogens is 166 g/mol. The first-order valence-electron chi connectivity index (χ1n) is 4.11. The molecule has 3 heteroatoms. The van der Waals surface area contributed by atoms with E-state index in [1.54, 1.807) is 6.26 Å². The van der Waals surface area contributed by atoms with Gasteiger partial charge in [-0.3, -0.25) is 0 Å². The summed E-state index contributed by atoms with van der Waals surface area (Å²) in [7, 11) is 0. The molecule has 0 bridgehead atoms. The van der Waals surface area contributed by atoms with Crippen LogP contribution in [0.4, 0.5) is 0 Å². The first-order chi connectivity index (χ1) is 6.45. The van der Waals surface area contributed by atoms with Crippen LogP contribution in [0.1, 0.15) is 5.56 Å². The minimum Gasteiger partial charge on any atom is -0.488 e. The normalized spacial score (nSPS) is 16.0. The van der Waals surface area contributed by atoms with Crippen molar-refractivity contribution in [3.8, 4) is 5.75 Å². The number of ether oxygens (including phenoxy) is 1. The van der Waals surface area contributed by atoms with Crippen LogP contribution in [0.5, 0.6) is 5.75 Å². The van der Waals surface area contributed by atoms with Crippen molar-refractivity contribution in [2.45, 2.75) is 0 Å². The molecule has 1 aromatic rings. The molecule has 0 saturated heterocycles. The largest absolute Gasteiger partial charge is 0.488 e. The highest BCUT2D eigenvalue weighted by atomic mass is 16.6. The third kappa shape index (κ3) is 0.869. The average molecular weight is 173 g/mol. The maximum Gasteiger partial charge on any atom is 0.136 e. The van der Waals surface area contributed by atoms with Crippen molar-refractivity contribution in [1.29, 1.82) is 0 Å². The Labute approximate surface area is 74.6 Å². The maximum atomic E-state index is 5.47. The van der Waals surface area contributed by atoms with Crippen LogP contribution in [-0.4, -0.2) is 6.61 Å². The van der Waals surface area contributed by atoms with Crippen molar-refractivity contribution in [1.82, 2.24) is 0 Å². The fraction of sp³-hybridized carbons (Fsp3) is 0.100. The first kappa shape index (κ1) is 6.71. The average Bonchev–Trinajstić information content (AvgIpc) is 2.65. The van der Waals surface area contributed by atoms with E-state index < -0.39 is 0 Å². The molecule has 0 spiro atoms. The highest BCUT2D eigenvalue weighted by Gasteiger charge is 2.11. The van der Waals surface area contributed by atoms with Gasteiger partial charge >= 0.3 is 0 Å². The second-order valence-corrected chi connectivity index (χ2v) is 2.93. The Bertz CT molecular complexity index is 502. The van der Waals surface area contributed by atoms with Crippen LogP contribution < -0.4 is 15.3 Å². The fourth-order valence-corrected chi connectivity index (χ4v) is 1.57. The number of fused-ring (bicyclic) bond motifs is 3. The predicted octanol–water partition coefficient (Wildman–Crippen LogP) is 0.395. The summed E-state index contributed by atoms with van der Waals surface area (Å²) in [5.41, 5.74) is 1.01. The Balaban J connectivity index is 2.44. The zero-order valence-corrected chi connectivity index (χ0v) is 6.86. The van der Waals surface area contributed by atoms with Crippen LogP contribution >= 0.6 is 0 Å². The van der Waals surface area contributed by atoms with E-state index in [0.29, 0.717) is 6.61 Å². The summed E-state index contributed by atoms with van der Waals surface area (Å²) >= 11 is 0. The second kappa shape index (κ2) is 2.36. The topological polar surface area (TPSA) is 30.8 Å². The van der Waals surface area contributed by atoms with Gasteiger partial charge in [0, 0.05) is 10.8 Å². The molecule has 2 aliphatic rings. The molecule has 64 valence electrons. The predicted molar refractivity (Wildman–Crippen MR) is 47.3 cm³/mol. The monoisotopic (exact) mass is 173 g/mol. The van der Waals surface area contributed by atoms with Crippen LogP contribution in [0.2, 0.25) is 0 Å². The molecule has 0 N–H and O–H groups in total. The van der Waals surface area contributed by atoms with Crippen molar-refractivity contribution in [3.63, 3.8) is 0 Å². The molecule has 0 fully saturated rings. The third-order valence-electron chi connectivity index (χ3n) is 2.18. The van der Waals surface area contributed by atoms with Crippen LogP contribution in [-0.2, 0) is 4.84 Å². The van der Waals surface area contributed by atoms with E-state index in [-0.39, 0.29) is 0 Å². The molecule has 0 aromatic heterocycles. The molecular formula is C10H7NO2. The minimum absolute atomic E-state index is 0.653. The molecule has 3 rings (SSSR count). The van der Waals surface area contributed by atoms with Gasteiger partial charge in [0.05, 0.1) is 0 Å². The van der Waals surface area contributed by atoms with E-state index in [1.165, 1.54) is 0 Å². The lowest BCUT2D eigenvalue weighted by molar-refractivity contribution is 0.252. The zero-order chi connectivity index (χ0) is 8.67. The first-order valence-corrected chi connectivity index (χ1v) is 4.11. The smallest absolute Gasteiger partial charge is 0.136 e. The third-order valence-corrected chi connectivity index (χ3v) is 2.18.